The molecule has 1 aliphatic rings. The minimum absolute atomic E-state index is 0. The van der Waals surface area contributed by atoms with Gasteiger partial charge in [-0.25, -0.2) is 0 Å². The average Bonchev–Trinajstić information content (AvgIpc) is 1.76. The highest BCUT2D eigenvalue weighted by molar-refractivity contribution is 5.47. The molecule has 0 saturated carbocycles. The highest BCUT2D eigenvalue weighted by atomic mass is 16.5. The highest BCUT2D eigenvalue weighted by Crippen LogP contribution is 1.78. The van der Waals surface area contributed by atoms with E-state index in [0.717, 1.165) is 13.2 Å². The molecule has 0 aliphatic carbocycles. The number of rotatable bonds is 0. The summed E-state index contributed by atoms with van der Waals surface area (Å²) in [4.78, 5) is 3.74. The van der Waals surface area contributed by atoms with Gasteiger partial charge in [0, 0.05) is 0 Å². The number of aliphatic imine (C=N–C) groups is 1. The Bertz CT molecular complexity index is 46.8. The van der Waals surface area contributed by atoms with E-state index in [1.54, 1.807) is 0 Å². The van der Waals surface area contributed by atoms with Gasteiger partial charge in [-0.05, 0) is 0 Å². The Balaban J connectivity index is 0.000000250. The molecule has 1 heterocycles. The summed E-state index contributed by atoms with van der Waals surface area (Å²) in [5.74, 6) is 0. The van der Waals surface area contributed by atoms with E-state index in [-0.39, 0.29) is 6.15 Å². The van der Waals surface area contributed by atoms with Gasteiger partial charge in [0.15, 0.2) is 6.40 Å². The van der Waals surface area contributed by atoms with Gasteiger partial charge in [-0.1, -0.05) is 0 Å². The fourth-order valence-electron chi connectivity index (χ4n) is 0.264. The minimum Gasteiger partial charge on any atom is -0.482 e. The average molecular weight is 88.1 g/mol. The molecule has 36 valence electrons. The topological polar surface area (TPSA) is 56.6 Å². The monoisotopic (exact) mass is 88.1 g/mol. The van der Waals surface area contributed by atoms with E-state index in [2.05, 4.69) is 9.73 Å². The Labute approximate surface area is 36.6 Å². The van der Waals surface area contributed by atoms with Crippen LogP contribution in [0.15, 0.2) is 4.99 Å². The first-order valence-electron chi connectivity index (χ1n) is 1.60. The molecule has 0 radical (unpaired) electrons. The van der Waals surface area contributed by atoms with Crippen LogP contribution < -0.4 is 6.15 Å². The summed E-state index contributed by atoms with van der Waals surface area (Å²) in [7, 11) is 0. The summed E-state index contributed by atoms with van der Waals surface area (Å²) in [5, 5.41) is 0. The van der Waals surface area contributed by atoms with Crippen molar-refractivity contribution in [3.8, 4) is 0 Å². The van der Waals surface area contributed by atoms with Crippen molar-refractivity contribution >= 4 is 6.40 Å². The van der Waals surface area contributed by atoms with Gasteiger partial charge in [0.25, 0.3) is 0 Å². The molecule has 6 heavy (non-hydrogen) atoms. The molecule has 3 heteroatoms. The largest absolute Gasteiger partial charge is 0.482 e. The van der Waals surface area contributed by atoms with Crippen LogP contribution in [0.2, 0.25) is 0 Å². The summed E-state index contributed by atoms with van der Waals surface area (Å²) in [6.07, 6.45) is 1.49. The van der Waals surface area contributed by atoms with E-state index in [9.17, 15) is 0 Å². The summed E-state index contributed by atoms with van der Waals surface area (Å²) in [6.45, 7) is 1.62. The van der Waals surface area contributed by atoms with Crippen LogP contribution in [-0.4, -0.2) is 19.6 Å². The van der Waals surface area contributed by atoms with Crippen LogP contribution in [0.4, 0.5) is 0 Å². The first-order chi connectivity index (χ1) is 2.50. The van der Waals surface area contributed by atoms with E-state index in [1.807, 2.05) is 0 Å². The molecule has 3 N–H and O–H groups in total. The fourth-order valence-corrected chi connectivity index (χ4v) is 0.264. The van der Waals surface area contributed by atoms with Crippen molar-refractivity contribution in [1.29, 1.82) is 0 Å². The zero-order valence-corrected chi connectivity index (χ0v) is 3.55. The Hall–Kier alpha value is -0.570. The summed E-state index contributed by atoms with van der Waals surface area (Å²) in [6, 6.07) is 0. The van der Waals surface area contributed by atoms with Crippen LogP contribution in [0.5, 0.6) is 0 Å². The predicted molar refractivity (Wildman–Crippen MR) is 24.3 cm³/mol. The second-order valence-electron chi connectivity index (χ2n) is 0.882. The van der Waals surface area contributed by atoms with Gasteiger partial charge in [0.05, 0.1) is 6.54 Å². The maximum atomic E-state index is 4.65. The zero-order valence-electron chi connectivity index (χ0n) is 3.55. The normalized spacial score (nSPS) is 16.0. The Morgan fingerprint density at radius 2 is 2.50 bits per heavy atom. The van der Waals surface area contributed by atoms with Crippen LogP contribution >= 0.6 is 0 Å². The van der Waals surface area contributed by atoms with Crippen molar-refractivity contribution in [2.75, 3.05) is 13.2 Å². The first kappa shape index (κ1) is 5.43. The Morgan fingerprint density at radius 3 is 2.67 bits per heavy atom. The minimum atomic E-state index is 0. The molecule has 0 aromatic rings. The van der Waals surface area contributed by atoms with Crippen LogP contribution in [0.1, 0.15) is 0 Å². The summed E-state index contributed by atoms with van der Waals surface area (Å²) < 4.78 is 4.65. The highest BCUT2D eigenvalue weighted by Gasteiger charge is 1.84. The molecule has 0 amide bonds. The molecule has 1 aliphatic heterocycles. The summed E-state index contributed by atoms with van der Waals surface area (Å²) >= 11 is 0. The molecule has 0 aromatic heterocycles. The second-order valence-corrected chi connectivity index (χ2v) is 0.882. The molecular weight excluding hydrogens is 80.0 g/mol. The van der Waals surface area contributed by atoms with Gasteiger partial charge < -0.3 is 10.9 Å². The lowest BCUT2D eigenvalue weighted by atomic mass is 10.8. The van der Waals surface area contributed by atoms with Gasteiger partial charge in [0.2, 0.25) is 0 Å². The molecule has 0 aromatic carbocycles. The lowest BCUT2D eigenvalue weighted by Crippen LogP contribution is -1.80. The van der Waals surface area contributed by atoms with Gasteiger partial charge in [-0.3, -0.25) is 4.99 Å². The van der Waals surface area contributed by atoms with Crippen molar-refractivity contribution in [3.63, 3.8) is 0 Å². The number of hydrogen-bond donors (Lipinski definition) is 1. The van der Waals surface area contributed by atoms with E-state index in [1.165, 1.54) is 6.40 Å². The maximum Gasteiger partial charge on any atom is 0.169 e. The molecule has 0 saturated heterocycles. The van der Waals surface area contributed by atoms with E-state index in [4.69, 9.17) is 0 Å². The van der Waals surface area contributed by atoms with Crippen LogP contribution in [-0.2, 0) is 4.74 Å². The van der Waals surface area contributed by atoms with Gasteiger partial charge in [0.1, 0.15) is 6.61 Å². The van der Waals surface area contributed by atoms with Crippen molar-refractivity contribution in [3.05, 3.63) is 0 Å². The van der Waals surface area contributed by atoms with Crippen LogP contribution in [0.25, 0.3) is 0 Å². The lowest BCUT2D eigenvalue weighted by Gasteiger charge is -1.76. The number of ether oxygens (including phenoxy) is 1. The zero-order chi connectivity index (χ0) is 3.54. The molecule has 0 fully saturated rings. The third-order valence-electron chi connectivity index (χ3n) is 0.487. The quantitative estimate of drug-likeness (QED) is 0.460. The number of hydrogen-bond acceptors (Lipinski definition) is 3. The smallest absolute Gasteiger partial charge is 0.169 e. The third-order valence-corrected chi connectivity index (χ3v) is 0.487. The first-order valence-corrected chi connectivity index (χ1v) is 1.60. The summed E-state index contributed by atoms with van der Waals surface area (Å²) in [5.41, 5.74) is 0. The molecule has 1 rings (SSSR count). The molecule has 3 nitrogen and oxygen atoms in total. The lowest BCUT2D eigenvalue weighted by molar-refractivity contribution is 0.361. The van der Waals surface area contributed by atoms with Crippen LogP contribution in [0, 0.1) is 0 Å². The molecule has 0 bridgehead atoms. The van der Waals surface area contributed by atoms with E-state index >= 15 is 0 Å². The molecular formula is C3H8N2O. The van der Waals surface area contributed by atoms with Crippen molar-refractivity contribution in [2.45, 2.75) is 0 Å². The number of nitrogens with zero attached hydrogens (tertiary/aromatic N) is 1. The Morgan fingerprint density at radius 1 is 1.67 bits per heavy atom. The van der Waals surface area contributed by atoms with Crippen molar-refractivity contribution in [1.82, 2.24) is 6.15 Å². The molecule has 0 atom stereocenters. The molecule has 0 unspecified atom stereocenters. The second kappa shape index (κ2) is 2.66. The van der Waals surface area contributed by atoms with E-state index in [0.29, 0.717) is 0 Å². The third kappa shape index (κ3) is 1.03. The fraction of sp³-hybridized carbons (Fsp3) is 0.667. The Kier molecular flexibility index (Phi) is 2.40. The maximum absolute atomic E-state index is 4.65. The van der Waals surface area contributed by atoms with Gasteiger partial charge in [-0.2, -0.15) is 0 Å². The van der Waals surface area contributed by atoms with Gasteiger partial charge in [-0.15, -0.1) is 0 Å². The SMILES string of the molecule is C1=NCCO1.N. The molecule has 0 spiro atoms. The predicted octanol–water partition coefficient (Wildman–Crippen LogP) is 0.207. The van der Waals surface area contributed by atoms with Gasteiger partial charge >= 0.3 is 0 Å². The van der Waals surface area contributed by atoms with Crippen molar-refractivity contribution < 1.29 is 4.74 Å². The van der Waals surface area contributed by atoms with Crippen LogP contribution in [0.3, 0.4) is 0 Å². The van der Waals surface area contributed by atoms with Crippen molar-refractivity contribution in [2.24, 2.45) is 4.99 Å². The standard InChI is InChI=1S/C3H5NO.H3N/c1-2-5-3-4-1;/h3H,1-2H2;1H3. The van der Waals surface area contributed by atoms with E-state index < -0.39 is 0 Å².